The third kappa shape index (κ3) is 5.64. The Hall–Kier alpha value is -7.16. The minimum absolute atomic E-state index is 0.0833. The van der Waals surface area contributed by atoms with Crippen LogP contribution in [-0.4, -0.2) is 9.97 Å². The molecule has 0 aliphatic heterocycles. The molecule has 1 aromatic heterocycles. The molecule has 2 heteroatoms. The summed E-state index contributed by atoms with van der Waals surface area (Å²) in [6.45, 7) is 4.72. The summed E-state index contributed by atoms with van der Waals surface area (Å²) in [5, 5.41) is 7.37. The molecule has 0 N–H and O–H groups in total. The van der Waals surface area contributed by atoms with Gasteiger partial charge in [0.15, 0.2) is 5.82 Å². The maximum absolute atomic E-state index is 5.20. The number of aromatic nitrogens is 2. The molecule has 0 bridgehead atoms. The zero-order valence-corrected chi connectivity index (χ0v) is 31.9. The molecule has 10 aromatic rings. The Morgan fingerprint density at radius 3 is 1.46 bits per heavy atom. The minimum atomic E-state index is -0.0833. The summed E-state index contributed by atoms with van der Waals surface area (Å²) in [6, 6.07) is 70.3. The molecule has 0 saturated heterocycles. The van der Waals surface area contributed by atoms with Crippen LogP contribution in [0.25, 0.3) is 99.6 Å². The van der Waals surface area contributed by atoms with Crippen molar-refractivity contribution in [1.29, 1.82) is 0 Å². The third-order valence-corrected chi connectivity index (χ3v) is 12.0. The Kier molecular flexibility index (Phi) is 7.55. The first-order valence-corrected chi connectivity index (χ1v) is 19.7. The summed E-state index contributed by atoms with van der Waals surface area (Å²) in [5.74, 6) is 0.706. The second-order valence-electron chi connectivity index (χ2n) is 15.8. The molecule has 0 atom stereocenters. The second-order valence-corrected chi connectivity index (χ2v) is 15.8. The van der Waals surface area contributed by atoms with E-state index in [2.05, 4.69) is 208 Å². The number of hydrogen-bond donors (Lipinski definition) is 0. The molecular formula is C55H38N2. The van der Waals surface area contributed by atoms with Crippen LogP contribution in [0.1, 0.15) is 25.0 Å². The van der Waals surface area contributed by atoms with Crippen LogP contribution in [0, 0.1) is 0 Å². The highest BCUT2D eigenvalue weighted by Gasteiger charge is 2.37. The van der Waals surface area contributed by atoms with Crippen molar-refractivity contribution in [3.8, 4) is 67.3 Å². The van der Waals surface area contributed by atoms with Crippen molar-refractivity contribution in [2.24, 2.45) is 0 Å². The Morgan fingerprint density at radius 1 is 0.316 bits per heavy atom. The highest BCUT2D eigenvalue weighted by Crippen LogP contribution is 2.53. The molecule has 0 amide bonds. The van der Waals surface area contributed by atoms with Crippen molar-refractivity contribution >= 4 is 32.3 Å². The van der Waals surface area contributed by atoms with E-state index in [0.717, 1.165) is 33.6 Å². The summed E-state index contributed by atoms with van der Waals surface area (Å²) < 4.78 is 0. The molecule has 2 nitrogen and oxygen atoms in total. The summed E-state index contributed by atoms with van der Waals surface area (Å²) in [5.41, 5.74) is 15.1. The first-order chi connectivity index (χ1) is 28.0. The maximum atomic E-state index is 5.20. The van der Waals surface area contributed by atoms with Crippen molar-refractivity contribution in [3.63, 3.8) is 0 Å². The normalized spacial score (nSPS) is 12.9. The van der Waals surface area contributed by atoms with Gasteiger partial charge in [-0.05, 0) is 113 Å². The fourth-order valence-electron chi connectivity index (χ4n) is 8.96. The highest BCUT2D eigenvalue weighted by atomic mass is 14.9. The van der Waals surface area contributed by atoms with Gasteiger partial charge in [-0.15, -0.1) is 0 Å². The molecule has 1 heterocycles. The molecule has 268 valence electrons. The molecule has 1 aliphatic carbocycles. The Labute approximate surface area is 332 Å². The van der Waals surface area contributed by atoms with Gasteiger partial charge in [0.25, 0.3) is 0 Å². The minimum Gasteiger partial charge on any atom is -0.228 e. The van der Waals surface area contributed by atoms with E-state index >= 15 is 0 Å². The van der Waals surface area contributed by atoms with E-state index in [-0.39, 0.29) is 5.41 Å². The monoisotopic (exact) mass is 726 g/mol. The van der Waals surface area contributed by atoms with E-state index in [1.54, 1.807) is 0 Å². The van der Waals surface area contributed by atoms with Gasteiger partial charge in [0.1, 0.15) is 0 Å². The summed E-state index contributed by atoms with van der Waals surface area (Å²) in [4.78, 5) is 10.4. The lowest BCUT2D eigenvalue weighted by Crippen LogP contribution is -2.14. The molecule has 0 radical (unpaired) electrons. The van der Waals surface area contributed by atoms with Gasteiger partial charge >= 0.3 is 0 Å². The smallest absolute Gasteiger partial charge is 0.160 e. The van der Waals surface area contributed by atoms with Gasteiger partial charge in [-0.1, -0.05) is 172 Å². The standard InChI is InChI=1S/C55H38N2/c1-55(2)49-20-10-19-47(53(49)48-32-42-15-7-8-16-43(42)33-50(48)55)44-18-9-17-41(29-44)37-21-25-38(26-22-37)54-56-51(45-27-23-35-11-3-5-13-39(35)30-45)34-52(57-54)46-28-24-36-12-4-6-14-40(36)31-46/h3-34H,1-2H3. The van der Waals surface area contributed by atoms with Crippen LogP contribution in [0.3, 0.4) is 0 Å². The molecule has 9 aromatic carbocycles. The van der Waals surface area contributed by atoms with Gasteiger partial charge in [-0.25, -0.2) is 9.97 Å². The van der Waals surface area contributed by atoms with Crippen molar-refractivity contribution in [1.82, 2.24) is 9.97 Å². The van der Waals surface area contributed by atoms with Gasteiger partial charge in [0.2, 0.25) is 0 Å². The predicted octanol–water partition coefficient (Wildman–Crippen LogP) is 14.6. The van der Waals surface area contributed by atoms with Crippen molar-refractivity contribution in [2.75, 3.05) is 0 Å². The number of fused-ring (bicyclic) bond motifs is 6. The third-order valence-electron chi connectivity index (χ3n) is 12.0. The topological polar surface area (TPSA) is 25.8 Å². The zero-order valence-electron chi connectivity index (χ0n) is 31.9. The number of benzene rings is 9. The molecular weight excluding hydrogens is 689 g/mol. The molecule has 0 fully saturated rings. The quantitative estimate of drug-likeness (QED) is 0.176. The van der Waals surface area contributed by atoms with E-state index in [1.807, 2.05) is 0 Å². The number of hydrogen-bond acceptors (Lipinski definition) is 2. The summed E-state index contributed by atoms with van der Waals surface area (Å²) in [6.07, 6.45) is 0. The molecule has 1 aliphatic rings. The maximum Gasteiger partial charge on any atom is 0.160 e. The van der Waals surface area contributed by atoms with Crippen LogP contribution in [0.5, 0.6) is 0 Å². The van der Waals surface area contributed by atoms with Crippen molar-refractivity contribution < 1.29 is 0 Å². The number of rotatable bonds is 5. The first-order valence-electron chi connectivity index (χ1n) is 19.7. The fourth-order valence-corrected chi connectivity index (χ4v) is 8.96. The molecule has 0 unspecified atom stereocenters. The molecule has 11 rings (SSSR count). The summed E-state index contributed by atoms with van der Waals surface area (Å²) in [7, 11) is 0. The van der Waals surface area contributed by atoms with E-state index in [4.69, 9.17) is 9.97 Å². The Morgan fingerprint density at radius 2 is 0.825 bits per heavy atom. The predicted molar refractivity (Wildman–Crippen MR) is 239 cm³/mol. The molecule has 57 heavy (non-hydrogen) atoms. The summed E-state index contributed by atoms with van der Waals surface area (Å²) >= 11 is 0. The highest BCUT2D eigenvalue weighted by molar-refractivity contribution is 5.99. The van der Waals surface area contributed by atoms with Crippen LogP contribution in [0.2, 0.25) is 0 Å². The zero-order chi connectivity index (χ0) is 38.1. The Balaban J connectivity index is 0.984. The van der Waals surface area contributed by atoms with Crippen molar-refractivity contribution in [3.05, 3.63) is 205 Å². The largest absolute Gasteiger partial charge is 0.228 e. The van der Waals surface area contributed by atoms with Gasteiger partial charge < -0.3 is 0 Å². The average Bonchev–Trinajstić information content (AvgIpc) is 3.50. The van der Waals surface area contributed by atoms with Gasteiger partial charge in [-0.2, -0.15) is 0 Å². The van der Waals surface area contributed by atoms with Crippen LogP contribution >= 0.6 is 0 Å². The lowest BCUT2D eigenvalue weighted by atomic mass is 9.81. The average molecular weight is 727 g/mol. The van der Waals surface area contributed by atoms with Gasteiger partial charge in [0.05, 0.1) is 11.4 Å². The van der Waals surface area contributed by atoms with Crippen LogP contribution in [0.15, 0.2) is 194 Å². The molecule has 0 saturated carbocycles. The van der Waals surface area contributed by atoms with E-state index in [1.165, 1.54) is 71.3 Å². The van der Waals surface area contributed by atoms with Crippen LogP contribution in [-0.2, 0) is 5.41 Å². The van der Waals surface area contributed by atoms with E-state index in [0.29, 0.717) is 5.82 Å². The second kappa shape index (κ2) is 13.0. The Bertz CT molecular complexity index is 3110. The van der Waals surface area contributed by atoms with E-state index < -0.39 is 0 Å². The van der Waals surface area contributed by atoms with Crippen molar-refractivity contribution in [2.45, 2.75) is 19.3 Å². The lowest BCUT2D eigenvalue weighted by molar-refractivity contribution is 0.661. The lowest BCUT2D eigenvalue weighted by Gasteiger charge is -2.22. The van der Waals surface area contributed by atoms with Crippen LogP contribution < -0.4 is 0 Å². The van der Waals surface area contributed by atoms with Gasteiger partial charge in [-0.3, -0.25) is 0 Å². The van der Waals surface area contributed by atoms with E-state index in [9.17, 15) is 0 Å². The fraction of sp³-hybridized carbons (Fsp3) is 0.0545. The SMILES string of the molecule is CC1(C)c2cc3ccccc3cc2-c2c(-c3cccc(-c4ccc(-c5nc(-c6ccc7ccccc7c6)cc(-c6ccc7ccccc7c6)n5)cc4)c3)cccc21. The van der Waals surface area contributed by atoms with Crippen LogP contribution in [0.4, 0.5) is 0 Å². The number of nitrogens with zero attached hydrogens (tertiary/aromatic N) is 2. The van der Waals surface area contributed by atoms with Gasteiger partial charge in [0, 0.05) is 22.1 Å². The molecule has 0 spiro atoms. The first kappa shape index (κ1) is 33.2.